The van der Waals surface area contributed by atoms with Gasteiger partial charge in [0.1, 0.15) is 5.75 Å². The first-order chi connectivity index (χ1) is 17.8. The zero-order valence-corrected chi connectivity index (χ0v) is 21.5. The third-order valence-corrected chi connectivity index (χ3v) is 7.97. The summed E-state index contributed by atoms with van der Waals surface area (Å²) < 4.78 is 20.2. The average molecular weight is 485 g/mol. The number of fused-ring (bicyclic) bond motifs is 3. The summed E-state index contributed by atoms with van der Waals surface area (Å²) in [5.74, 6) is 0.733. The second kappa shape index (κ2) is 8.35. The summed E-state index contributed by atoms with van der Waals surface area (Å²) in [6.07, 6.45) is 0. The molecule has 2 aliphatic heterocycles. The molecule has 5 heteroatoms. The summed E-state index contributed by atoms with van der Waals surface area (Å²) in [6.45, 7) is 16.0. The molecule has 0 radical (unpaired) electrons. The molecule has 0 aromatic heterocycles. The SMILES string of the molecule is [C-]#[N+]c1ccc2c(c1)C(c1ccccc1)(c1ccccc1)Oc1c(B3OC(C)(C)C(C)(C)O3)cccc1-2. The number of hydrogen-bond donors (Lipinski definition) is 0. The van der Waals surface area contributed by atoms with Gasteiger partial charge in [-0.15, -0.1) is 0 Å². The van der Waals surface area contributed by atoms with Gasteiger partial charge in [0, 0.05) is 27.7 Å². The highest BCUT2D eigenvalue weighted by Crippen LogP contribution is 2.52. The van der Waals surface area contributed by atoms with Crippen LogP contribution in [-0.2, 0) is 14.9 Å². The molecule has 182 valence electrons. The molecule has 0 aliphatic carbocycles. The smallest absolute Gasteiger partial charge is 0.473 e. The third-order valence-electron chi connectivity index (χ3n) is 7.97. The van der Waals surface area contributed by atoms with Gasteiger partial charge in [0.25, 0.3) is 0 Å². The monoisotopic (exact) mass is 485 g/mol. The normalized spacial score (nSPS) is 18.3. The van der Waals surface area contributed by atoms with E-state index in [1.54, 1.807) is 0 Å². The molecule has 0 bridgehead atoms. The Labute approximate surface area is 218 Å². The summed E-state index contributed by atoms with van der Waals surface area (Å²) in [4.78, 5) is 3.75. The van der Waals surface area contributed by atoms with Crippen LogP contribution in [0.1, 0.15) is 44.4 Å². The van der Waals surface area contributed by atoms with Gasteiger partial charge in [0.05, 0.1) is 17.8 Å². The van der Waals surface area contributed by atoms with Crippen LogP contribution in [0.25, 0.3) is 16.0 Å². The molecule has 0 spiro atoms. The molecule has 4 aromatic carbocycles. The van der Waals surface area contributed by atoms with Gasteiger partial charge in [-0.05, 0) is 39.3 Å². The minimum Gasteiger partial charge on any atom is -0.473 e. The van der Waals surface area contributed by atoms with Crippen molar-refractivity contribution < 1.29 is 14.0 Å². The molecule has 1 saturated heterocycles. The van der Waals surface area contributed by atoms with Gasteiger partial charge < -0.3 is 14.0 Å². The maximum Gasteiger partial charge on any atom is 0.498 e. The largest absolute Gasteiger partial charge is 0.498 e. The van der Waals surface area contributed by atoms with E-state index in [1.807, 2.05) is 66.7 Å². The molecule has 0 amide bonds. The molecule has 0 saturated carbocycles. The lowest BCUT2D eigenvalue weighted by atomic mass is 9.71. The summed E-state index contributed by atoms with van der Waals surface area (Å²) in [7, 11) is -0.576. The Kier molecular flexibility index (Phi) is 5.31. The summed E-state index contributed by atoms with van der Waals surface area (Å²) >= 11 is 0. The molecule has 2 heterocycles. The first kappa shape index (κ1) is 23.5. The van der Waals surface area contributed by atoms with Gasteiger partial charge in [-0.1, -0.05) is 91.0 Å². The second-order valence-electron chi connectivity index (χ2n) is 10.7. The molecule has 1 fully saturated rings. The summed E-state index contributed by atoms with van der Waals surface area (Å²) in [5.41, 5.74) is 4.40. The lowest BCUT2D eigenvalue weighted by molar-refractivity contribution is 0.00578. The lowest BCUT2D eigenvalue weighted by Crippen LogP contribution is -2.43. The zero-order valence-electron chi connectivity index (χ0n) is 21.5. The second-order valence-corrected chi connectivity index (χ2v) is 10.7. The van der Waals surface area contributed by atoms with E-state index in [0.717, 1.165) is 39.0 Å². The number of hydrogen-bond acceptors (Lipinski definition) is 3. The fraction of sp³-hybridized carbons (Fsp3) is 0.219. The fourth-order valence-electron chi connectivity index (χ4n) is 5.31. The number of rotatable bonds is 3. The first-order valence-electron chi connectivity index (χ1n) is 12.6. The van der Waals surface area contributed by atoms with Crippen molar-refractivity contribution in [1.29, 1.82) is 0 Å². The number of nitrogens with zero attached hydrogens (tertiary/aromatic N) is 1. The highest BCUT2D eigenvalue weighted by molar-refractivity contribution is 6.63. The van der Waals surface area contributed by atoms with Crippen molar-refractivity contribution in [3.63, 3.8) is 0 Å². The van der Waals surface area contributed by atoms with Crippen LogP contribution in [0.15, 0.2) is 97.1 Å². The molecule has 4 aromatic rings. The maximum absolute atomic E-state index is 7.72. The van der Waals surface area contributed by atoms with E-state index in [4.69, 9.17) is 20.6 Å². The van der Waals surface area contributed by atoms with Crippen molar-refractivity contribution in [3.05, 3.63) is 125 Å². The number of ether oxygens (including phenoxy) is 1. The van der Waals surface area contributed by atoms with E-state index in [-0.39, 0.29) is 0 Å². The third kappa shape index (κ3) is 3.52. The van der Waals surface area contributed by atoms with Gasteiger partial charge in [0.2, 0.25) is 0 Å². The molecule has 0 unspecified atom stereocenters. The van der Waals surface area contributed by atoms with Crippen LogP contribution < -0.4 is 10.2 Å². The average Bonchev–Trinajstić information content (AvgIpc) is 3.14. The van der Waals surface area contributed by atoms with Crippen molar-refractivity contribution in [2.75, 3.05) is 0 Å². The van der Waals surface area contributed by atoms with E-state index in [0.29, 0.717) is 5.69 Å². The quantitative estimate of drug-likeness (QED) is 0.234. The zero-order chi connectivity index (χ0) is 25.8. The molecular formula is C32H28BNO3. The van der Waals surface area contributed by atoms with Crippen LogP contribution in [0, 0.1) is 6.57 Å². The molecule has 0 N–H and O–H groups in total. The Morgan fingerprint density at radius 2 is 1.27 bits per heavy atom. The van der Waals surface area contributed by atoms with Crippen molar-refractivity contribution >= 4 is 18.3 Å². The molecular weight excluding hydrogens is 457 g/mol. The van der Waals surface area contributed by atoms with Gasteiger partial charge in [0.15, 0.2) is 11.3 Å². The van der Waals surface area contributed by atoms with Gasteiger partial charge >= 0.3 is 7.12 Å². The number of benzene rings is 4. The van der Waals surface area contributed by atoms with E-state index >= 15 is 0 Å². The van der Waals surface area contributed by atoms with Gasteiger partial charge in [-0.2, -0.15) is 0 Å². The minimum absolute atomic E-state index is 0.479. The predicted octanol–water partition coefficient (Wildman–Crippen LogP) is 6.89. The van der Waals surface area contributed by atoms with Gasteiger partial charge in [-0.3, -0.25) is 0 Å². The van der Waals surface area contributed by atoms with Crippen LogP contribution >= 0.6 is 0 Å². The lowest BCUT2D eigenvalue weighted by Gasteiger charge is -2.42. The maximum atomic E-state index is 7.72. The highest BCUT2D eigenvalue weighted by atomic mass is 16.7. The van der Waals surface area contributed by atoms with Crippen molar-refractivity contribution in [2.24, 2.45) is 0 Å². The van der Waals surface area contributed by atoms with Crippen LogP contribution in [0.4, 0.5) is 5.69 Å². The summed E-state index contributed by atoms with van der Waals surface area (Å²) in [6, 6.07) is 32.5. The number of para-hydroxylation sites is 1. The van der Waals surface area contributed by atoms with Crippen LogP contribution in [0.2, 0.25) is 0 Å². The van der Waals surface area contributed by atoms with Gasteiger partial charge in [-0.25, -0.2) is 4.85 Å². The van der Waals surface area contributed by atoms with E-state index < -0.39 is 23.9 Å². The summed E-state index contributed by atoms with van der Waals surface area (Å²) in [5, 5.41) is 0. The van der Waals surface area contributed by atoms with Crippen molar-refractivity contribution in [1.82, 2.24) is 0 Å². The highest BCUT2D eigenvalue weighted by Gasteiger charge is 2.54. The van der Waals surface area contributed by atoms with Crippen LogP contribution in [0.3, 0.4) is 0 Å². The predicted molar refractivity (Wildman–Crippen MR) is 147 cm³/mol. The van der Waals surface area contributed by atoms with E-state index in [2.05, 4.69) is 62.9 Å². The van der Waals surface area contributed by atoms with E-state index in [9.17, 15) is 0 Å². The minimum atomic E-state index is -0.967. The molecule has 37 heavy (non-hydrogen) atoms. The molecule has 0 atom stereocenters. The van der Waals surface area contributed by atoms with E-state index in [1.165, 1.54) is 0 Å². The Morgan fingerprint density at radius 3 is 1.84 bits per heavy atom. The Morgan fingerprint density at radius 1 is 0.676 bits per heavy atom. The van der Waals surface area contributed by atoms with Crippen LogP contribution in [0.5, 0.6) is 5.75 Å². The standard InChI is InChI=1S/C32H28BNO3/c1-30(2)31(3,4)37-33(36-30)28-18-12-17-26-25-20-19-24(34-5)21-27(25)32(35-29(26)28,22-13-8-6-9-14-22)23-15-10-7-11-16-23/h6-21H,1-4H3. The molecule has 6 rings (SSSR count). The Hall–Kier alpha value is -3.85. The van der Waals surface area contributed by atoms with Crippen LogP contribution in [-0.4, -0.2) is 18.3 Å². The van der Waals surface area contributed by atoms with Crippen molar-refractivity contribution in [2.45, 2.75) is 44.5 Å². The fourth-order valence-corrected chi connectivity index (χ4v) is 5.31. The first-order valence-corrected chi connectivity index (χ1v) is 12.6. The molecule has 4 nitrogen and oxygen atoms in total. The Balaban J connectivity index is 1.66. The Bertz CT molecular complexity index is 1470. The molecule has 2 aliphatic rings. The van der Waals surface area contributed by atoms with Crippen molar-refractivity contribution in [3.8, 4) is 16.9 Å². The topological polar surface area (TPSA) is 32.0 Å².